The summed E-state index contributed by atoms with van der Waals surface area (Å²) in [6.07, 6.45) is 5.56. The Balaban J connectivity index is 1.24. The molecule has 0 aliphatic carbocycles. The zero-order valence-electron chi connectivity index (χ0n) is 19.5. The standard InChI is InChI=1S/C26H28N6O2/c1-19-6-7-21(17-20(19)2)22-18-23-26(34)31(15-16-32(23)28-22)10-8-25(33)30-13-11-29(12-14-30)24-5-3-4-9-27-24/h3-7,9,15-18H,8,10-14H2,1-2H3. The first kappa shape index (κ1) is 21.9. The highest BCUT2D eigenvalue weighted by Crippen LogP contribution is 2.21. The minimum atomic E-state index is -0.141. The van der Waals surface area contributed by atoms with Gasteiger partial charge in [-0.05, 0) is 49.2 Å². The summed E-state index contributed by atoms with van der Waals surface area (Å²) in [5.74, 6) is 1.01. The van der Waals surface area contributed by atoms with Crippen LogP contribution in [0.5, 0.6) is 0 Å². The molecule has 0 bridgehead atoms. The van der Waals surface area contributed by atoms with Crippen molar-refractivity contribution in [2.75, 3.05) is 31.1 Å². The molecule has 1 fully saturated rings. The molecule has 1 aliphatic rings. The highest BCUT2D eigenvalue weighted by atomic mass is 16.2. The first-order valence-electron chi connectivity index (χ1n) is 11.6. The number of carbonyl (C=O) groups is 1. The van der Waals surface area contributed by atoms with Crippen molar-refractivity contribution in [3.8, 4) is 11.3 Å². The number of nitrogens with zero attached hydrogens (tertiary/aromatic N) is 6. The van der Waals surface area contributed by atoms with Crippen LogP contribution < -0.4 is 10.5 Å². The second kappa shape index (κ2) is 9.13. The number of piperazine rings is 1. The Hall–Kier alpha value is -3.94. The Morgan fingerprint density at radius 1 is 0.971 bits per heavy atom. The van der Waals surface area contributed by atoms with Crippen LogP contribution in [0.25, 0.3) is 16.8 Å². The van der Waals surface area contributed by atoms with Gasteiger partial charge in [-0.3, -0.25) is 9.59 Å². The van der Waals surface area contributed by atoms with E-state index in [9.17, 15) is 9.59 Å². The lowest BCUT2D eigenvalue weighted by molar-refractivity contribution is -0.131. The number of hydrogen-bond acceptors (Lipinski definition) is 5. The monoisotopic (exact) mass is 456 g/mol. The summed E-state index contributed by atoms with van der Waals surface area (Å²) in [6.45, 7) is 7.31. The van der Waals surface area contributed by atoms with Gasteiger partial charge in [-0.15, -0.1) is 0 Å². The number of rotatable bonds is 5. The Kier molecular flexibility index (Phi) is 5.88. The third kappa shape index (κ3) is 4.31. The Bertz CT molecular complexity index is 1380. The van der Waals surface area contributed by atoms with Crippen molar-refractivity contribution in [2.45, 2.75) is 26.8 Å². The average molecular weight is 457 g/mol. The summed E-state index contributed by atoms with van der Waals surface area (Å²) in [6, 6.07) is 13.9. The van der Waals surface area contributed by atoms with Crippen molar-refractivity contribution in [3.05, 3.63) is 82.5 Å². The van der Waals surface area contributed by atoms with Crippen molar-refractivity contribution in [2.24, 2.45) is 0 Å². The van der Waals surface area contributed by atoms with Crippen LogP contribution in [0.15, 0.2) is 65.8 Å². The molecule has 1 aliphatic heterocycles. The van der Waals surface area contributed by atoms with Gasteiger partial charge in [-0.1, -0.05) is 18.2 Å². The van der Waals surface area contributed by atoms with Gasteiger partial charge in [-0.25, -0.2) is 9.50 Å². The van der Waals surface area contributed by atoms with E-state index in [1.54, 1.807) is 27.7 Å². The van der Waals surface area contributed by atoms with Crippen LogP contribution in [0.4, 0.5) is 5.82 Å². The number of carbonyl (C=O) groups excluding carboxylic acids is 1. The smallest absolute Gasteiger partial charge is 0.276 e. The molecule has 0 N–H and O–H groups in total. The fourth-order valence-electron chi connectivity index (χ4n) is 4.34. The molecule has 8 nitrogen and oxygen atoms in total. The first-order valence-corrected chi connectivity index (χ1v) is 11.6. The minimum absolute atomic E-state index is 0.0665. The molecular weight excluding hydrogens is 428 g/mol. The van der Waals surface area contributed by atoms with Gasteiger partial charge >= 0.3 is 0 Å². The molecule has 1 amide bonds. The number of benzene rings is 1. The SMILES string of the molecule is Cc1ccc(-c2cc3c(=O)n(CCC(=O)N4CCN(c5ccccn5)CC4)ccn3n2)cc1C. The van der Waals surface area contributed by atoms with Crippen LogP contribution >= 0.6 is 0 Å². The predicted molar refractivity (Wildman–Crippen MR) is 132 cm³/mol. The van der Waals surface area contributed by atoms with Crippen LogP contribution in [0.2, 0.25) is 0 Å². The fourth-order valence-corrected chi connectivity index (χ4v) is 4.34. The molecule has 0 spiro atoms. The number of aromatic nitrogens is 4. The molecule has 1 aromatic carbocycles. The number of pyridine rings is 1. The van der Waals surface area contributed by atoms with E-state index >= 15 is 0 Å². The zero-order valence-corrected chi connectivity index (χ0v) is 19.5. The van der Waals surface area contributed by atoms with Gasteiger partial charge in [0, 0.05) is 63.3 Å². The Morgan fingerprint density at radius 3 is 2.53 bits per heavy atom. The maximum absolute atomic E-state index is 13.0. The largest absolute Gasteiger partial charge is 0.353 e. The lowest BCUT2D eigenvalue weighted by Gasteiger charge is -2.35. The number of anilines is 1. The molecule has 34 heavy (non-hydrogen) atoms. The van der Waals surface area contributed by atoms with Gasteiger partial charge in [0.05, 0.1) is 5.69 Å². The number of hydrogen-bond donors (Lipinski definition) is 0. The van der Waals surface area contributed by atoms with E-state index in [1.807, 2.05) is 35.2 Å². The highest BCUT2D eigenvalue weighted by molar-refractivity contribution is 5.76. The normalized spacial score (nSPS) is 14.1. The molecule has 0 saturated carbocycles. The summed E-state index contributed by atoms with van der Waals surface area (Å²) in [5, 5.41) is 4.57. The average Bonchev–Trinajstić information content (AvgIpc) is 3.31. The summed E-state index contributed by atoms with van der Waals surface area (Å²) in [7, 11) is 0. The molecule has 4 aromatic rings. The van der Waals surface area contributed by atoms with Gasteiger partial charge in [0.2, 0.25) is 5.91 Å². The highest BCUT2D eigenvalue weighted by Gasteiger charge is 2.21. The van der Waals surface area contributed by atoms with Gasteiger partial charge < -0.3 is 14.4 Å². The molecular formula is C26H28N6O2. The van der Waals surface area contributed by atoms with Crippen LogP contribution in [0.3, 0.4) is 0 Å². The van der Waals surface area contributed by atoms with E-state index in [0.717, 1.165) is 30.2 Å². The number of fused-ring (bicyclic) bond motifs is 1. The molecule has 0 unspecified atom stereocenters. The maximum atomic E-state index is 13.0. The second-order valence-corrected chi connectivity index (χ2v) is 8.76. The quantitative estimate of drug-likeness (QED) is 0.462. The second-order valence-electron chi connectivity index (χ2n) is 8.76. The summed E-state index contributed by atoms with van der Waals surface area (Å²) < 4.78 is 3.21. The van der Waals surface area contributed by atoms with E-state index in [-0.39, 0.29) is 17.9 Å². The third-order valence-corrected chi connectivity index (χ3v) is 6.58. The molecule has 4 heterocycles. The predicted octanol–water partition coefficient (Wildman–Crippen LogP) is 2.91. The Morgan fingerprint density at radius 2 is 1.79 bits per heavy atom. The van der Waals surface area contributed by atoms with E-state index < -0.39 is 0 Å². The van der Waals surface area contributed by atoms with Gasteiger partial charge in [0.1, 0.15) is 11.3 Å². The van der Waals surface area contributed by atoms with Crippen molar-refractivity contribution in [1.29, 1.82) is 0 Å². The van der Waals surface area contributed by atoms with Crippen molar-refractivity contribution in [1.82, 2.24) is 24.1 Å². The zero-order chi connectivity index (χ0) is 23.7. The molecule has 174 valence electrons. The fraction of sp³-hybridized carbons (Fsp3) is 0.308. The van der Waals surface area contributed by atoms with Crippen LogP contribution in [0.1, 0.15) is 17.5 Å². The van der Waals surface area contributed by atoms with Gasteiger partial charge in [-0.2, -0.15) is 5.10 Å². The van der Waals surface area contributed by atoms with E-state index in [2.05, 4.69) is 41.0 Å². The lowest BCUT2D eigenvalue weighted by atomic mass is 10.0. The molecule has 0 atom stereocenters. The maximum Gasteiger partial charge on any atom is 0.276 e. The number of amides is 1. The first-order chi connectivity index (χ1) is 16.5. The molecule has 0 radical (unpaired) electrons. The number of aryl methyl sites for hydroxylation is 3. The van der Waals surface area contributed by atoms with E-state index in [0.29, 0.717) is 25.2 Å². The van der Waals surface area contributed by atoms with E-state index in [1.165, 1.54) is 11.1 Å². The Labute approximate surface area is 198 Å². The van der Waals surface area contributed by atoms with Gasteiger partial charge in [0.25, 0.3) is 5.56 Å². The lowest BCUT2D eigenvalue weighted by Crippen LogP contribution is -2.49. The molecule has 8 heteroatoms. The van der Waals surface area contributed by atoms with Crippen LogP contribution in [-0.2, 0) is 11.3 Å². The molecule has 5 rings (SSSR count). The summed E-state index contributed by atoms with van der Waals surface area (Å²) in [5.41, 5.74) is 4.52. The summed E-state index contributed by atoms with van der Waals surface area (Å²) >= 11 is 0. The van der Waals surface area contributed by atoms with E-state index in [4.69, 9.17) is 0 Å². The topological polar surface area (TPSA) is 75.7 Å². The van der Waals surface area contributed by atoms with Crippen LogP contribution in [0, 0.1) is 13.8 Å². The van der Waals surface area contributed by atoms with Crippen molar-refractivity contribution in [3.63, 3.8) is 0 Å². The molecule has 3 aromatic heterocycles. The van der Waals surface area contributed by atoms with Crippen LogP contribution in [-0.4, -0.2) is 56.2 Å². The molecule has 1 saturated heterocycles. The minimum Gasteiger partial charge on any atom is -0.353 e. The van der Waals surface area contributed by atoms with Crippen molar-refractivity contribution < 1.29 is 4.79 Å². The van der Waals surface area contributed by atoms with Gasteiger partial charge in [0.15, 0.2) is 0 Å². The summed E-state index contributed by atoms with van der Waals surface area (Å²) in [4.78, 5) is 34.3. The van der Waals surface area contributed by atoms with Crippen molar-refractivity contribution >= 4 is 17.2 Å². The third-order valence-electron chi connectivity index (χ3n) is 6.58.